The summed E-state index contributed by atoms with van der Waals surface area (Å²) in [6.07, 6.45) is 0. The molecular weight excluding hydrogens is 398 g/mol. The standard InChI is InChI=1S/C19H23N3O4S2/c1-25-16-7-8-17(21-19(27)20-14-15-5-3-2-4-6-15)18(13-16)28(23,24)22-9-11-26-12-10-22/h2-8,13H,9-12,14H2,1H3,(H2,20,21,27). The molecule has 0 aliphatic carbocycles. The Kier molecular flexibility index (Phi) is 6.84. The van der Waals surface area contributed by atoms with E-state index in [2.05, 4.69) is 10.6 Å². The van der Waals surface area contributed by atoms with Gasteiger partial charge < -0.3 is 20.1 Å². The summed E-state index contributed by atoms with van der Waals surface area (Å²) in [6, 6.07) is 14.7. The molecule has 0 radical (unpaired) electrons. The van der Waals surface area contributed by atoms with Crippen LogP contribution in [0.25, 0.3) is 0 Å². The minimum absolute atomic E-state index is 0.123. The van der Waals surface area contributed by atoms with Crippen molar-refractivity contribution in [1.82, 2.24) is 9.62 Å². The third-order valence-electron chi connectivity index (χ3n) is 4.32. The first-order valence-corrected chi connectivity index (χ1v) is 10.7. The van der Waals surface area contributed by atoms with Gasteiger partial charge in [0.05, 0.1) is 26.0 Å². The van der Waals surface area contributed by atoms with Gasteiger partial charge in [-0.3, -0.25) is 0 Å². The number of anilines is 1. The Balaban J connectivity index is 1.79. The molecule has 0 atom stereocenters. The number of ether oxygens (including phenoxy) is 2. The van der Waals surface area contributed by atoms with Crippen molar-refractivity contribution in [2.75, 3.05) is 38.7 Å². The fraction of sp³-hybridized carbons (Fsp3) is 0.316. The summed E-state index contributed by atoms with van der Waals surface area (Å²) in [6.45, 7) is 1.92. The highest BCUT2D eigenvalue weighted by Crippen LogP contribution is 2.29. The van der Waals surface area contributed by atoms with Crippen molar-refractivity contribution in [3.8, 4) is 5.75 Å². The topological polar surface area (TPSA) is 79.9 Å². The molecule has 0 aromatic heterocycles. The Morgan fingerprint density at radius 2 is 1.89 bits per heavy atom. The molecule has 1 saturated heterocycles. The Bertz CT molecular complexity index is 914. The number of sulfonamides is 1. The molecular formula is C19H23N3O4S2. The van der Waals surface area contributed by atoms with Gasteiger partial charge in [0.1, 0.15) is 10.6 Å². The van der Waals surface area contributed by atoms with Gasteiger partial charge in [-0.25, -0.2) is 8.42 Å². The van der Waals surface area contributed by atoms with Gasteiger partial charge in [0, 0.05) is 25.7 Å². The number of hydrogen-bond donors (Lipinski definition) is 2. The van der Waals surface area contributed by atoms with Crippen molar-refractivity contribution in [3.05, 3.63) is 54.1 Å². The van der Waals surface area contributed by atoms with E-state index in [0.717, 1.165) is 5.56 Å². The molecule has 2 aromatic carbocycles. The summed E-state index contributed by atoms with van der Waals surface area (Å²) in [5.74, 6) is 0.459. The zero-order chi connectivity index (χ0) is 20.0. The largest absolute Gasteiger partial charge is 0.497 e. The van der Waals surface area contributed by atoms with E-state index in [1.165, 1.54) is 17.5 Å². The molecule has 3 rings (SSSR count). The summed E-state index contributed by atoms with van der Waals surface area (Å²) >= 11 is 5.35. The number of hydrogen-bond acceptors (Lipinski definition) is 5. The van der Waals surface area contributed by atoms with Gasteiger partial charge >= 0.3 is 0 Å². The predicted molar refractivity (Wildman–Crippen MR) is 112 cm³/mol. The summed E-state index contributed by atoms with van der Waals surface area (Å²) in [5, 5.41) is 6.44. The lowest BCUT2D eigenvalue weighted by Gasteiger charge is -2.27. The Hall–Kier alpha value is -2.20. The number of nitrogens with zero attached hydrogens (tertiary/aromatic N) is 1. The van der Waals surface area contributed by atoms with Gasteiger partial charge in [-0.1, -0.05) is 30.3 Å². The first-order valence-electron chi connectivity index (χ1n) is 8.85. The van der Waals surface area contributed by atoms with E-state index >= 15 is 0 Å². The number of nitrogens with one attached hydrogen (secondary N) is 2. The van der Waals surface area contributed by atoms with E-state index in [9.17, 15) is 8.42 Å². The van der Waals surface area contributed by atoms with Crippen LogP contribution in [0.1, 0.15) is 5.56 Å². The lowest BCUT2D eigenvalue weighted by molar-refractivity contribution is 0.0730. The number of thiocarbonyl (C=S) groups is 1. The summed E-state index contributed by atoms with van der Waals surface area (Å²) < 4.78 is 38.2. The van der Waals surface area contributed by atoms with E-state index in [0.29, 0.717) is 49.4 Å². The second-order valence-corrected chi connectivity index (χ2v) is 8.49. The molecule has 0 unspecified atom stereocenters. The summed E-state index contributed by atoms with van der Waals surface area (Å²) in [4.78, 5) is 0.123. The molecule has 0 saturated carbocycles. The van der Waals surface area contributed by atoms with Crippen molar-refractivity contribution in [2.24, 2.45) is 0 Å². The molecule has 1 aliphatic heterocycles. The van der Waals surface area contributed by atoms with Crippen LogP contribution < -0.4 is 15.4 Å². The highest BCUT2D eigenvalue weighted by atomic mass is 32.2. The zero-order valence-corrected chi connectivity index (χ0v) is 17.2. The van der Waals surface area contributed by atoms with Crippen molar-refractivity contribution in [1.29, 1.82) is 0 Å². The van der Waals surface area contributed by atoms with Crippen LogP contribution in [-0.2, 0) is 21.3 Å². The molecule has 7 nitrogen and oxygen atoms in total. The van der Waals surface area contributed by atoms with Crippen molar-refractivity contribution >= 4 is 33.0 Å². The highest BCUT2D eigenvalue weighted by molar-refractivity contribution is 7.89. The minimum Gasteiger partial charge on any atom is -0.497 e. The second kappa shape index (κ2) is 9.33. The molecule has 2 N–H and O–H groups in total. The third-order valence-corrected chi connectivity index (χ3v) is 6.51. The van der Waals surface area contributed by atoms with Gasteiger partial charge in [0.2, 0.25) is 10.0 Å². The van der Waals surface area contributed by atoms with E-state index in [1.807, 2.05) is 30.3 Å². The third kappa shape index (κ3) is 4.99. The van der Waals surface area contributed by atoms with Crippen LogP contribution in [0.5, 0.6) is 5.75 Å². The number of rotatable bonds is 6. The number of benzene rings is 2. The van der Waals surface area contributed by atoms with Crippen LogP contribution in [-0.4, -0.2) is 51.2 Å². The molecule has 1 aliphatic rings. The average molecular weight is 422 g/mol. The summed E-state index contributed by atoms with van der Waals surface area (Å²) in [7, 11) is -2.21. The van der Waals surface area contributed by atoms with Gasteiger partial charge in [0.15, 0.2) is 5.11 Å². The van der Waals surface area contributed by atoms with Gasteiger partial charge in [-0.2, -0.15) is 4.31 Å². The van der Waals surface area contributed by atoms with Crippen LogP contribution in [0.4, 0.5) is 5.69 Å². The predicted octanol–water partition coefficient (Wildman–Crippen LogP) is 2.20. The Labute approximate surface area is 170 Å². The highest BCUT2D eigenvalue weighted by Gasteiger charge is 2.29. The normalized spacial score (nSPS) is 15.0. The number of morpholine rings is 1. The van der Waals surface area contributed by atoms with E-state index < -0.39 is 10.0 Å². The number of methoxy groups -OCH3 is 1. The summed E-state index contributed by atoms with van der Waals surface area (Å²) in [5.41, 5.74) is 1.47. The van der Waals surface area contributed by atoms with Gasteiger partial charge in [-0.05, 0) is 29.9 Å². The van der Waals surface area contributed by atoms with Crippen molar-refractivity contribution in [2.45, 2.75) is 11.4 Å². The first kappa shape index (κ1) is 20.5. The lowest BCUT2D eigenvalue weighted by Crippen LogP contribution is -2.41. The van der Waals surface area contributed by atoms with Crippen LogP contribution in [0.15, 0.2) is 53.4 Å². The monoisotopic (exact) mass is 421 g/mol. The molecule has 0 spiro atoms. The molecule has 150 valence electrons. The maximum atomic E-state index is 13.1. The molecule has 1 heterocycles. The Morgan fingerprint density at radius 1 is 1.18 bits per heavy atom. The quantitative estimate of drug-likeness (QED) is 0.692. The molecule has 2 aromatic rings. The molecule has 9 heteroatoms. The smallest absolute Gasteiger partial charge is 0.245 e. The van der Waals surface area contributed by atoms with Crippen molar-refractivity contribution < 1.29 is 17.9 Å². The van der Waals surface area contributed by atoms with Crippen molar-refractivity contribution in [3.63, 3.8) is 0 Å². The minimum atomic E-state index is -3.71. The lowest BCUT2D eigenvalue weighted by atomic mass is 10.2. The van der Waals surface area contributed by atoms with Crippen LogP contribution in [0.2, 0.25) is 0 Å². The van der Waals surface area contributed by atoms with Crippen LogP contribution >= 0.6 is 12.2 Å². The fourth-order valence-electron chi connectivity index (χ4n) is 2.82. The van der Waals surface area contributed by atoms with Gasteiger partial charge in [-0.15, -0.1) is 0 Å². The zero-order valence-electron chi connectivity index (χ0n) is 15.6. The van der Waals surface area contributed by atoms with Gasteiger partial charge in [0.25, 0.3) is 0 Å². The van der Waals surface area contributed by atoms with E-state index in [1.54, 1.807) is 12.1 Å². The Morgan fingerprint density at radius 3 is 2.57 bits per heavy atom. The molecule has 0 amide bonds. The van der Waals surface area contributed by atoms with Crippen LogP contribution in [0.3, 0.4) is 0 Å². The molecule has 28 heavy (non-hydrogen) atoms. The molecule has 0 bridgehead atoms. The maximum Gasteiger partial charge on any atom is 0.245 e. The first-order chi connectivity index (χ1) is 13.5. The maximum absolute atomic E-state index is 13.1. The average Bonchev–Trinajstić information content (AvgIpc) is 2.74. The fourth-order valence-corrected chi connectivity index (χ4v) is 4.57. The molecule has 1 fully saturated rings. The van der Waals surface area contributed by atoms with E-state index in [4.69, 9.17) is 21.7 Å². The van der Waals surface area contributed by atoms with E-state index in [-0.39, 0.29) is 4.90 Å². The SMILES string of the molecule is COc1ccc(NC(=S)NCc2ccccc2)c(S(=O)(=O)N2CCOCC2)c1. The second-order valence-electron chi connectivity index (χ2n) is 6.17. The van der Waals surface area contributed by atoms with Crippen LogP contribution in [0, 0.1) is 0 Å².